The first-order chi connectivity index (χ1) is 28.6. The molecule has 344 valence electrons. The maximum Gasteiger partial charge on any atom is 0.249 e. The van der Waals surface area contributed by atoms with Gasteiger partial charge in [0.15, 0.2) is 0 Å². The average molecular weight is 818 g/mol. The lowest BCUT2D eigenvalue weighted by molar-refractivity contribution is -0.131. The number of carbonyl (C=O) groups is 1. The van der Waals surface area contributed by atoms with Gasteiger partial charge in [-0.15, -0.1) is 0 Å². The van der Waals surface area contributed by atoms with Crippen LogP contribution in [0.25, 0.3) is 0 Å². The van der Waals surface area contributed by atoms with Crippen LogP contribution < -0.4 is 5.32 Å². The Labute approximate surface area is 362 Å². The second-order valence-corrected chi connectivity index (χ2v) is 18.1. The fourth-order valence-corrected chi connectivity index (χ4v) is 8.18. The molecule has 0 aliphatic rings. The van der Waals surface area contributed by atoms with Crippen molar-refractivity contribution in [3.8, 4) is 0 Å². The van der Waals surface area contributed by atoms with Crippen molar-refractivity contribution < 1.29 is 20.1 Å². The molecule has 0 aromatic carbocycles. The molecule has 5 nitrogen and oxygen atoms in total. The molecule has 4 N–H and O–H groups in total. The van der Waals surface area contributed by atoms with Gasteiger partial charge in [-0.05, 0) is 44.9 Å². The standard InChI is InChI=1S/C53H103NO4/c1-3-5-7-9-11-13-15-17-19-21-23-25-26-27-28-30-32-34-36-38-40-42-44-46-48-52(57)53(58)54-50(49-55)51(56)47-45-43-41-39-37-35-33-31-29-24-22-20-18-16-14-12-10-8-6-4-2/h27-28,45,47,50-52,55-57H,3-26,29-44,46,48-49H2,1-2H3,(H,54,58)/b28-27-,47-45+. The van der Waals surface area contributed by atoms with Crippen LogP contribution in [-0.2, 0) is 4.79 Å². The maximum absolute atomic E-state index is 12.5. The summed E-state index contributed by atoms with van der Waals surface area (Å²) in [6.07, 6.45) is 60.9. The van der Waals surface area contributed by atoms with Crippen molar-refractivity contribution in [1.29, 1.82) is 0 Å². The molecule has 0 bridgehead atoms. The molecule has 0 aliphatic carbocycles. The number of carbonyl (C=O) groups excluding carboxylic acids is 1. The smallest absolute Gasteiger partial charge is 0.249 e. The minimum Gasteiger partial charge on any atom is -0.394 e. The molecular weight excluding hydrogens is 715 g/mol. The molecule has 0 aromatic rings. The number of hydrogen-bond donors (Lipinski definition) is 4. The van der Waals surface area contributed by atoms with Gasteiger partial charge < -0.3 is 20.6 Å². The van der Waals surface area contributed by atoms with Crippen LogP contribution in [-0.4, -0.2) is 46.1 Å². The Kier molecular flexibility index (Phi) is 47.5. The summed E-state index contributed by atoms with van der Waals surface area (Å²) in [5, 5.41) is 33.3. The van der Waals surface area contributed by atoms with E-state index in [1.165, 1.54) is 231 Å². The number of allylic oxidation sites excluding steroid dienone is 3. The number of aliphatic hydroxyl groups excluding tert-OH is 3. The summed E-state index contributed by atoms with van der Waals surface area (Å²) in [5.41, 5.74) is 0. The van der Waals surface area contributed by atoms with Crippen LogP contribution in [0.1, 0.15) is 284 Å². The van der Waals surface area contributed by atoms with Gasteiger partial charge in [0, 0.05) is 0 Å². The predicted octanol–water partition coefficient (Wildman–Crippen LogP) is 15.7. The van der Waals surface area contributed by atoms with Gasteiger partial charge in [0.05, 0.1) is 18.8 Å². The van der Waals surface area contributed by atoms with E-state index in [4.69, 9.17) is 0 Å². The van der Waals surface area contributed by atoms with Crippen molar-refractivity contribution in [3.63, 3.8) is 0 Å². The Morgan fingerprint density at radius 2 is 0.690 bits per heavy atom. The van der Waals surface area contributed by atoms with E-state index in [0.717, 1.165) is 32.1 Å². The zero-order valence-corrected chi connectivity index (χ0v) is 39.2. The lowest BCUT2D eigenvalue weighted by atomic mass is 10.0. The zero-order chi connectivity index (χ0) is 42.3. The predicted molar refractivity (Wildman–Crippen MR) is 255 cm³/mol. The normalized spacial score (nSPS) is 13.5. The van der Waals surface area contributed by atoms with E-state index in [1.807, 2.05) is 6.08 Å². The fraction of sp³-hybridized carbons (Fsp3) is 0.906. The highest BCUT2D eigenvalue weighted by atomic mass is 16.3. The molecular formula is C53H103NO4. The molecule has 0 fully saturated rings. The third kappa shape index (κ3) is 42.9. The molecule has 5 heteroatoms. The summed E-state index contributed by atoms with van der Waals surface area (Å²) in [6.45, 7) is 4.21. The van der Waals surface area contributed by atoms with E-state index < -0.39 is 24.2 Å². The van der Waals surface area contributed by atoms with Gasteiger partial charge >= 0.3 is 0 Å². The Morgan fingerprint density at radius 1 is 0.414 bits per heavy atom. The van der Waals surface area contributed by atoms with E-state index in [2.05, 4.69) is 31.3 Å². The van der Waals surface area contributed by atoms with Crippen LogP contribution in [0.2, 0.25) is 0 Å². The molecule has 1 amide bonds. The largest absolute Gasteiger partial charge is 0.394 e. The molecule has 0 aromatic heterocycles. The van der Waals surface area contributed by atoms with Crippen LogP contribution >= 0.6 is 0 Å². The Balaban J connectivity index is 3.60. The highest BCUT2D eigenvalue weighted by molar-refractivity contribution is 5.80. The summed E-state index contributed by atoms with van der Waals surface area (Å²) in [7, 11) is 0. The van der Waals surface area contributed by atoms with Gasteiger partial charge in [0.2, 0.25) is 5.91 Å². The van der Waals surface area contributed by atoms with E-state index in [9.17, 15) is 20.1 Å². The summed E-state index contributed by atoms with van der Waals surface area (Å²) in [4.78, 5) is 12.5. The van der Waals surface area contributed by atoms with Gasteiger partial charge in [-0.2, -0.15) is 0 Å². The third-order valence-corrected chi connectivity index (χ3v) is 12.3. The Morgan fingerprint density at radius 3 is 1.00 bits per heavy atom. The van der Waals surface area contributed by atoms with Gasteiger partial charge in [0.25, 0.3) is 0 Å². The lowest BCUT2D eigenvalue weighted by Crippen LogP contribution is -2.48. The minimum absolute atomic E-state index is 0.362. The van der Waals surface area contributed by atoms with Crippen molar-refractivity contribution in [2.24, 2.45) is 0 Å². The van der Waals surface area contributed by atoms with Crippen LogP contribution in [0.3, 0.4) is 0 Å². The number of unbranched alkanes of at least 4 members (excludes halogenated alkanes) is 38. The monoisotopic (exact) mass is 818 g/mol. The first-order valence-electron chi connectivity index (χ1n) is 26.2. The van der Waals surface area contributed by atoms with E-state index >= 15 is 0 Å². The second kappa shape index (κ2) is 48.5. The topological polar surface area (TPSA) is 89.8 Å². The minimum atomic E-state index is -1.10. The molecule has 0 spiro atoms. The second-order valence-electron chi connectivity index (χ2n) is 18.1. The SMILES string of the molecule is CCCCCCCCCCCCCC/C=C\CCCCCCCCCCC(O)C(=O)NC(CO)C(O)/C=C/CCCCCCCCCCCCCCCCCCCC. The number of aliphatic hydroxyl groups is 3. The van der Waals surface area contributed by atoms with Gasteiger partial charge in [-0.1, -0.05) is 263 Å². The molecule has 0 heterocycles. The number of amides is 1. The lowest BCUT2D eigenvalue weighted by Gasteiger charge is -2.21. The van der Waals surface area contributed by atoms with Crippen LogP contribution in [0.5, 0.6) is 0 Å². The third-order valence-electron chi connectivity index (χ3n) is 12.3. The summed E-state index contributed by atoms with van der Waals surface area (Å²) in [5.74, 6) is -0.502. The highest BCUT2D eigenvalue weighted by Crippen LogP contribution is 2.17. The number of nitrogens with one attached hydrogen (secondary N) is 1. The first kappa shape index (κ1) is 56.8. The molecule has 0 aliphatic heterocycles. The van der Waals surface area contributed by atoms with Crippen LogP contribution in [0.4, 0.5) is 0 Å². The summed E-state index contributed by atoms with van der Waals surface area (Å²) >= 11 is 0. The quantitative estimate of drug-likeness (QED) is 0.0364. The van der Waals surface area contributed by atoms with Crippen LogP contribution in [0.15, 0.2) is 24.3 Å². The first-order valence-corrected chi connectivity index (χ1v) is 26.2. The fourth-order valence-electron chi connectivity index (χ4n) is 8.18. The van der Waals surface area contributed by atoms with E-state index in [-0.39, 0.29) is 6.61 Å². The molecule has 58 heavy (non-hydrogen) atoms. The molecule has 0 saturated heterocycles. The summed E-state index contributed by atoms with van der Waals surface area (Å²) in [6, 6.07) is -0.798. The molecule has 0 saturated carbocycles. The molecule has 3 atom stereocenters. The highest BCUT2D eigenvalue weighted by Gasteiger charge is 2.22. The number of rotatable bonds is 48. The van der Waals surface area contributed by atoms with Gasteiger partial charge in [-0.25, -0.2) is 0 Å². The zero-order valence-electron chi connectivity index (χ0n) is 39.2. The van der Waals surface area contributed by atoms with E-state index in [0.29, 0.717) is 6.42 Å². The van der Waals surface area contributed by atoms with Gasteiger partial charge in [-0.3, -0.25) is 4.79 Å². The number of hydrogen-bond acceptors (Lipinski definition) is 4. The van der Waals surface area contributed by atoms with Crippen molar-refractivity contribution in [2.45, 2.75) is 302 Å². The van der Waals surface area contributed by atoms with Crippen molar-refractivity contribution in [3.05, 3.63) is 24.3 Å². The Hall–Kier alpha value is -1.17. The van der Waals surface area contributed by atoms with Crippen molar-refractivity contribution >= 4 is 5.91 Å². The Bertz CT molecular complexity index is 859. The maximum atomic E-state index is 12.5. The van der Waals surface area contributed by atoms with E-state index in [1.54, 1.807) is 6.08 Å². The average Bonchev–Trinajstić information content (AvgIpc) is 3.23. The van der Waals surface area contributed by atoms with Crippen LogP contribution in [0, 0.1) is 0 Å². The summed E-state index contributed by atoms with van der Waals surface area (Å²) < 4.78 is 0. The van der Waals surface area contributed by atoms with Crippen molar-refractivity contribution in [2.75, 3.05) is 6.61 Å². The van der Waals surface area contributed by atoms with Gasteiger partial charge in [0.1, 0.15) is 6.10 Å². The molecule has 3 unspecified atom stereocenters. The molecule has 0 radical (unpaired) electrons. The molecule has 0 rings (SSSR count). The van der Waals surface area contributed by atoms with Crippen molar-refractivity contribution in [1.82, 2.24) is 5.32 Å².